The van der Waals surface area contributed by atoms with Gasteiger partial charge in [0.25, 0.3) is 0 Å². The average Bonchev–Trinajstić information content (AvgIpc) is 2.19. The number of aromatic nitrogens is 1. The van der Waals surface area contributed by atoms with Crippen molar-refractivity contribution in [2.24, 2.45) is 0 Å². The number of rotatable bonds is 3. The summed E-state index contributed by atoms with van der Waals surface area (Å²) in [5, 5.41) is 0. The van der Waals surface area contributed by atoms with Crippen LogP contribution in [0.2, 0.25) is 0 Å². The lowest BCUT2D eigenvalue weighted by Crippen LogP contribution is -2.35. The molecule has 0 bridgehead atoms. The lowest BCUT2D eigenvalue weighted by Gasteiger charge is -2.23. The molecular formula is C9H7F4N. The molecule has 1 rings (SSSR count). The van der Waals surface area contributed by atoms with Crippen molar-refractivity contribution in [2.75, 3.05) is 0 Å². The van der Waals surface area contributed by atoms with E-state index in [1.54, 1.807) is 0 Å². The van der Waals surface area contributed by atoms with E-state index < -0.39 is 17.4 Å². The number of allylic oxidation sites excluding steroid dienone is 1. The highest BCUT2D eigenvalue weighted by Gasteiger charge is 2.55. The fourth-order valence-electron chi connectivity index (χ4n) is 0.869. The molecule has 0 radical (unpaired) electrons. The Kier molecular flexibility index (Phi) is 2.59. The smallest absolute Gasteiger partial charge is 0.264 e. The quantitative estimate of drug-likeness (QED) is 0.546. The Morgan fingerprint density at radius 1 is 1.29 bits per heavy atom. The molecule has 0 aromatic carbocycles. The molecule has 0 saturated carbocycles. The largest absolute Gasteiger partial charge is 0.340 e. The summed E-state index contributed by atoms with van der Waals surface area (Å²) in [5.41, 5.74) is -0.829. The molecular weight excluding hydrogens is 198 g/mol. The van der Waals surface area contributed by atoms with Crippen molar-refractivity contribution >= 4 is 0 Å². The number of halogens is 4. The van der Waals surface area contributed by atoms with E-state index in [9.17, 15) is 17.6 Å². The van der Waals surface area contributed by atoms with Gasteiger partial charge in [-0.05, 0) is 18.2 Å². The van der Waals surface area contributed by atoms with E-state index in [1.165, 1.54) is 12.3 Å². The molecule has 0 fully saturated rings. The second-order valence-electron chi connectivity index (χ2n) is 2.64. The maximum Gasteiger partial charge on any atom is 0.340 e. The summed E-state index contributed by atoms with van der Waals surface area (Å²) in [4.78, 5) is 3.35. The first-order valence-electron chi connectivity index (χ1n) is 3.71. The van der Waals surface area contributed by atoms with Crippen molar-refractivity contribution in [2.45, 2.75) is 11.8 Å². The highest BCUT2D eigenvalue weighted by Crippen LogP contribution is 2.42. The predicted octanol–water partition coefficient (Wildman–Crippen LogP) is 2.99. The molecule has 1 aromatic rings. The molecule has 0 saturated heterocycles. The molecule has 76 valence electrons. The Hall–Kier alpha value is -1.39. The van der Waals surface area contributed by atoms with Crippen LogP contribution in [0.15, 0.2) is 37.2 Å². The molecule has 14 heavy (non-hydrogen) atoms. The van der Waals surface area contributed by atoms with Crippen molar-refractivity contribution in [1.82, 2.24) is 4.98 Å². The Bertz CT molecular complexity index is 321. The number of nitrogens with zero attached hydrogens (tertiary/aromatic N) is 1. The van der Waals surface area contributed by atoms with Crippen LogP contribution in [0.4, 0.5) is 17.6 Å². The van der Waals surface area contributed by atoms with Crippen molar-refractivity contribution in [3.8, 4) is 0 Å². The maximum absolute atomic E-state index is 13.1. The zero-order chi connectivity index (χ0) is 10.8. The number of pyridine rings is 1. The Labute approximate surface area is 78.1 Å². The van der Waals surface area contributed by atoms with Crippen LogP contribution in [0.5, 0.6) is 0 Å². The van der Waals surface area contributed by atoms with E-state index in [0.29, 0.717) is 6.20 Å². The first-order chi connectivity index (χ1) is 6.42. The van der Waals surface area contributed by atoms with E-state index in [1.807, 2.05) is 0 Å². The number of alkyl halides is 4. The van der Waals surface area contributed by atoms with Crippen LogP contribution < -0.4 is 0 Å². The molecule has 5 heteroatoms. The molecule has 0 N–H and O–H groups in total. The van der Waals surface area contributed by atoms with Crippen LogP contribution in [0.25, 0.3) is 0 Å². The second-order valence-corrected chi connectivity index (χ2v) is 2.64. The minimum absolute atomic E-state index is 0.0694. The van der Waals surface area contributed by atoms with Gasteiger partial charge in [0, 0.05) is 18.0 Å². The molecule has 1 aromatic heterocycles. The summed E-state index contributed by atoms with van der Waals surface area (Å²) in [5.74, 6) is -8.54. The third-order valence-electron chi connectivity index (χ3n) is 1.70. The summed E-state index contributed by atoms with van der Waals surface area (Å²) < 4.78 is 51.6. The predicted molar refractivity (Wildman–Crippen MR) is 43.3 cm³/mol. The minimum Gasteiger partial charge on any atom is -0.264 e. The van der Waals surface area contributed by atoms with Gasteiger partial charge in [0.1, 0.15) is 0 Å². The number of hydrogen-bond acceptors (Lipinski definition) is 1. The second kappa shape index (κ2) is 3.40. The van der Waals surface area contributed by atoms with Crippen LogP contribution in [0.3, 0.4) is 0 Å². The van der Waals surface area contributed by atoms with Gasteiger partial charge in [0.05, 0.1) is 0 Å². The van der Waals surface area contributed by atoms with Crippen molar-refractivity contribution in [3.63, 3.8) is 0 Å². The molecule has 0 spiro atoms. The minimum atomic E-state index is -4.27. The van der Waals surface area contributed by atoms with Gasteiger partial charge in [-0.1, -0.05) is 6.58 Å². The normalized spacial score (nSPS) is 12.6. The van der Waals surface area contributed by atoms with Crippen LogP contribution >= 0.6 is 0 Å². The standard InChI is InChI=1S/C9H7F4N/c1-2-8(10,11)9(12,13)7-4-3-5-14-6-7/h2-6H,1H2. The maximum atomic E-state index is 13.1. The zero-order valence-corrected chi connectivity index (χ0v) is 7.05. The topological polar surface area (TPSA) is 12.9 Å². The van der Waals surface area contributed by atoms with Crippen LogP contribution in [-0.4, -0.2) is 10.9 Å². The van der Waals surface area contributed by atoms with Crippen LogP contribution in [-0.2, 0) is 5.92 Å². The van der Waals surface area contributed by atoms with E-state index in [-0.39, 0.29) is 6.08 Å². The molecule has 1 nitrogen and oxygen atoms in total. The van der Waals surface area contributed by atoms with Gasteiger partial charge in [-0.15, -0.1) is 0 Å². The summed E-state index contributed by atoms with van der Waals surface area (Å²) in [6.45, 7) is 2.67. The van der Waals surface area contributed by atoms with Crippen molar-refractivity contribution in [3.05, 3.63) is 42.7 Å². The first-order valence-corrected chi connectivity index (χ1v) is 3.71. The highest BCUT2D eigenvalue weighted by molar-refractivity contribution is 5.20. The molecule has 0 aliphatic carbocycles. The lowest BCUT2D eigenvalue weighted by molar-refractivity contribution is -0.186. The fourth-order valence-corrected chi connectivity index (χ4v) is 0.869. The Morgan fingerprint density at radius 2 is 1.93 bits per heavy atom. The summed E-state index contributed by atoms with van der Waals surface area (Å²) in [6, 6.07) is 2.06. The Balaban J connectivity index is 3.14. The third kappa shape index (κ3) is 1.62. The van der Waals surface area contributed by atoms with E-state index in [0.717, 1.165) is 6.07 Å². The first kappa shape index (κ1) is 10.7. The van der Waals surface area contributed by atoms with Crippen LogP contribution in [0, 0.1) is 0 Å². The lowest BCUT2D eigenvalue weighted by atomic mass is 10.0. The van der Waals surface area contributed by atoms with Gasteiger partial charge in [0.2, 0.25) is 0 Å². The van der Waals surface area contributed by atoms with E-state index in [4.69, 9.17) is 0 Å². The molecule has 0 amide bonds. The summed E-state index contributed by atoms with van der Waals surface area (Å²) in [7, 11) is 0. The third-order valence-corrected chi connectivity index (χ3v) is 1.70. The van der Waals surface area contributed by atoms with Gasteiger partial charge in [-0.3, -0.25) is 4.98 Å². The van der Waals surface area contributed by atoms with Gasteiger partial charge in [0.15, 0.2) is 0 Å². The number of hydrogen-bond donors (Lipinski definition) is 0. The average molecular weight is 205 g/mol. The molecule has 0 aliphatic heterocycles. The van der Waals surface area contributed by atoms with E-state index >= 15 is 0 Å². The highest BCUT2D eigenvalue weighted by atomic mass is 19.3. The van der Waals surface area contributed by atoms with Crippen molar-refractivity contribution in [1.29, 1.82) is 0 Å². The SMILES string of the molecule is C=CC(F)(F)C(F)(F)c1cccnc1. The van der Waals surface area contributed by atoms with E-state index in [2.05, 4.69) is 11.6 Å². The Morgan fingerprint density at radius 3 is 2.36 bits per heavy atom. The molecule has 0 unspecified atom stereocenters. The van der Waals surface area contributed by atoms with Gasteiger partial charge >= 0.3 is 11.8 Å². The van der Waals surface area contributed by atoms with Gasteiger partial charge in [-0.2, -0.15) is 17.6 Å². The van der Waals surface area contributed by atoms with Gasteiger partial charge < -0.3 is 0 Å². The van der Waals surface area contributed by atoms with Gasteiger partial charge in [-0.25, -0.2) is 0 Å². The zero-order valence-electron chi connectivity index (χ0n) is 7.05. The van der Waals surface area contributed by atoms with Crippen molar-refractivity contribution < 1.29 is 17.6 Å². The summed E-state index contributed by atoms with van der Waals surface area (Å²) in [6.07, 6.45) is 1.86. The van der Waals surface area contributed by atoms with Crippen LogP contribution in [0.1, 0.15) is 5.56 Å². The monoisotopic (exact) mass is 205 g/mol. The molecule has 1 heterocycles. The molecule has 0 aliphatic rings. The summed E-state index contributed by atoms with van der Waals surface area (Å²) >= 11 is 0. The fraction of sp³-hybridized carbons (Fsp3) is 0.222. The molecule has 0 atom stereocenters.